The number of amides is 1. The first-order valence-corrected chi connectivity index (χ1v) is 13.3. The molecule has 0 aliphatic carbocycles. The van der Waals surface area contributed by atoms with Gasteiger partial charge in [-0.1, -0.05) is 12.1 Å². The number of rotatable bonds is 7. The number of carbonyl (C=O) groups is 1. The van der Waals surface area contributed by atoms with Crippen molar-refractivity contribution in [3.8, 4) is 16.9 Å². The van der Waals surface area contributed by atoms with Crippen molar-refractivity contribution in [2.75, 3.05) is 20.3 Å². The van der Waals surface area contributed by atoms with Crippen LogP contribution in [0.25, 0.3) is 22.0 Å². The number of benzene rings is 3. The Bertz CT molecular complexity index is 1670. The predicted molar refractivity (Wildman–Crippen MR) is 148 cm³/mol. The molecule has 1 saturated heterocycles. The molecule has 1 fully saturated rings. The smallest absolute Gasteiger partial charge is 0.251 e. The third-order valence-corrected chi connectivity index (χ3v) is 7.51. The number of carbonyl (C=O) groups excluding carboxylic acids is 1. The van der Waals surface area contributed by atoms with Gasteiger partial charge in [0.1, 0.15) is 34.3 Å². The lowest BCUT2D eigenvalue weighted by Crippen LogP contribution is -2.48. The zero-order valence-electron chi connectivity index (χ0n) is 23.5. The lowest BCUT2D eigenvalue weighted by atomic mass is 9.81. The van der Waals surface area contributed by atoms with Crippen LogP contribution < -0.4 is 10.1 Å². The van der Waals surface area contributed by atoms with E-state index in [0.29, 0.717) is 22.3 Å². The Morgan fingerprint density at radius 3 is 2.45 bits per heavy atom. The molecule has 1 aromatic heterocycles. The maximum absolute atomic E-state index is 16.4. The Kier molecular flexibility index (Phi) is 7.69. The number of ether oxygens (including phenoxy) is 2. The molecular weight excluding hydrogens is 551 g/mol. The van der Waals surface area contributed by atoms with E-state index in [-0.39, 0.29) is 35.3 Å². The zero-order valence-corrected chi connectivity index (χ0v) is 23.5. The minimum absolute atomic E-state index is 0.0204. The molecule has 3 aromatic carbocycles. The topological polar surface area (TPSA) is 114 Å². The van der Waals surface area contributed by atoms with E-state index in [1.54, 1.807) is 19.1 Å². The van der Waals surface area contributed by atoms with Crippen molar-refractivity contribution in [3.63, 3.8) is 0 Å². The van der Waals surface area contributed by atoms with Crippen LogP contribution in [0.2, 0.25) is 0 Å². The quantitative estimate of drug-likeness (QED) is 0.291. The molecule has 1 amide bonds. The van der Waals surface area contributed by atoms with Gasteiger partial charge in [-0.2, -0.15) is 5.10 Å². The Morgan fingerprint density at radius 1 is 1.12 bits per heavy atom. The first-order chi connectivity index (χ1) is 19.9. The maximum atomic E-state index is 16.4. The number of hydrogen-bond acceptors (Lipinski definition) is 7. The van der Waals surface area contributed by atoms with E-state index < -0.39 is 52.8 Å². The van der Waals surface area contributed by atoms with Crippen LogP contribution in [0.3, 0.4) is 0 Å². The Balaban J connectivity index is 1.60. The number of aryl methyl sites for hydroxylation is 1. The largest absolute Gasteiger partial charge is 0.494 e. The molecule has 1 aliphatic heterocycles. The summed E-state index contributed by atoms with van der Waals surface area (Å²) in [4.78, 5) is 13.4. The van der Waals surface area contributed by atoms with Crippen LogP contribution in [0.1, 0.15) is 47.4 Å². The minimum atomic E-state index is -1.83. The van der Waals surface area contributed by atoms with Crippen LogP contribution in [-0.2, 0) is 15.9 Å². The first kappa shape index (κ1) is 29.4. The summed E-state index contributed by atoms with van der Waals surface area (Å²) in [6.45, 7) is 4.06. The highest BCUT2D eigenvalue weighted by molar-refractivity contribution is 5.99. The zero-order chi connectivity index (χ0) is 30.4. The second-order valence-corrected chi connectivity index (χ2v) is 10.9. The first-order valence-electron chi connectivity index (χ1n) is 13.3. The number of halogens is 3. The highest BCUT2D eigenvalue weighted by atomic mass is 19.1. The average molecular weight is 582 g/mol. The standard InChI is InChI=1S/C31H30F3N3O5/c1-16-11-18-12-19(13-23(41-4)28(18)37-36-16)29(39)35-15-31(24(38)9-10-42-31)22-14-21(30(2,3)40)26(33)25(27(22)34)17-5-7-20(32)8-6-17/h5-8,11-14,24,38,40H,9-10,15H2,1-4H3,(H,35,39)/t24-,31+/m0/s1. The highest BCUT2D eigenvalue weighted by Crippen LogP contribution is 2.44. The molecule has 4 aromatic rings. The number of nitrogens with one attached hydrogen (secondary N) is 1. The second-order valence-electron chi connectivity index (χ2n) is 10.9. The van der Waals surface area contributed by atoms with Gasteiger partial charge in [-0.3, -0.25) is 4.79 Å². The minimum Gasteiger partial charge on any atom is -0.494 e. The molecule has 220 valence electrons. The Hall–Kier alpha value is -4.06. The van der Waals surface area contributed by atoms with E-state index in [0.717, 1.165) is 18.2 Å². The maximum Gasteiger partial charge on any atom is 0.251 e. The number of nitrogens with zero attached hydrogens (tertiary/aromatic N) is 2. The normalized spacial score (nSPS) is 18.8. The fourth-order valence-electron chi connectivity index (χ4n) is 5.29. The van der Waals surface area contributed by atoms with Crippen molar-refractivity contribution in [2.24, 2.45) is 0 Å². The second kappa shape index (κ2) is 11.0. The van der Waals surface area contributed by atoms with Crippen molar-refractivity contribution in [1.82, 2.24) is 15.5 Å². The van der Waals surface area contributed by atoms with Gasteiger partial charge in [0.2, 0.25) is 0 Å². The van der Waals surface area contributed by atoms with Gasteiger partial charge in [0.15, 0.2) is 0 Å². The average Bonchev–Trinajstić information content (AvgIpc) is 3.31. The number of methoxy groups -OCH3 is 1. The van der Waals surface area contributed by atoms with Crippen molar-refractivity contribution in [3.05, 3.63) is 88.4 Å². The van der Waals surface area contributed by atoms with Gasteiger partial charge in [0.25, 0.3) is 5.91 Å². The van der Waals surface area contributed by atoms with Crippen molar-refractivity contribution < 1.29 is 37.7 Å². The van der Waals surface area contributed by atoms with Gasteiger partial charge >= 0.3 is 0 Å². The summed E-state index contributed by atoms with van der Waals surface area (Å²) in [5.74, 6) is -2.96. The van der Waals surface area contributed by atoms with Crippen LogP contribution in [0, 0.1) is 24.4 Å². The molecule has 5 rings (SSSR count). The molecule has 0 radical (unpaired) electrons. The molecular formula is C31H30F3N3O5. The van der Waals surface area contributed by atoms with Gasteiger partial charge in [-0.25, -0.2) is 13.2 Å². The molecule has 42 heavy (non-hydrogen) atoms. The Morgan fingerprint density at radius 2 is 1.83 bits per heavy atom. The number of fused-ring (bicyclic) bond motifs is 1. The molecule has 0 spiro atoms. The molecule has 2 atom stereocenters. The van der Waals surface area contributed by atoms with Crippen molar-refractivity contribution in [2.45, 2.75) is 44.5 Å². The molecule has 8 nitrogen and oxygen atoms in total. The van der Waals surface area contributed by atoms with Gasteiger partial charge in [0, 0.05) is 22.1 Å². The predicted octanol–water partition coefficient (Wildman–Crippen LogP) is 4.67. The summed E-state index contributed by atoms with van der Waals surface area (Å²) >= 11 is 0. The van der Waals surface area contributed by atoms with E-state index in [1.165, 1.54) is 39.2 Å². The van der Waals surface area contributed by atoms with E-state index >= 15 is 8.78 Å². The highest BCUT2D eigenvalue weighted by Gasteiger charge is 2.49. The number of hydrogen-bond donors (Lipinski definition) is 3. The molecule has 2 heterocycles. The fraction of sp³-hybridized carbons (Fsp3) is 0.323. The SMILES string of the molecule is COc1cc(C(=O)NC[C@]2(c3cc(C(C)(C)O)c(F)c(-c4ccc(F)cc4)c3F)OCC[C@@H]2O)cc2cc(C)nnc12. The summed E-state index contributed by atoms with van der Waals surface area (Å²) < 4.78 is 57.1. The lowest BCUT2D eigenvalue weighted by Gasteiger charge is -2.35. The van der Waals surface area contributed by atoms with E-state index in [9.17, 15) is 19.4 Å². The summed E-state index contributed by atoms with van der Waals surface area (Å²) in [7, 11) is 1.44. The summed E-state index contributed by atoms with van der Waals surface area (Å²) in [6.07, 6.45) is -1.18. The van der Waals surface area contributed by atoms with Crippen LogP contribution in [0.4, 0.5) is 13.2 Å². The van der Waals surface area contributed by atoms with Crippen molar-refractivity contribution in [1.29, 1.82) is 0 Å². The van der Waals surface area contributed by atoms with E-state index in [2.05, 4.69) is 15.5 Å². The number of aromatic nitrogens is 2. The van der Waals surface area contributed by atoms with Crippen molar-refractivity contribution >= 4 is 16.8 Å². The van der Waals surface area contributed by atoms with Crippen LogP contribution in [-0.4, -0.2) is 52.7 Å². The third-order valence-electron chi connectivity index (χ3n) is 7.51. The van der Waals surface area contributed by atoms with Gasteiger partial charge in [0.05, 0.1) is 43.2 Å². The number of aliphatic hydroxyl groups excluding tert-OH is 1. The van der Waals surface area contributed by atoms with Crippen LogP contribution in [0.15, 0.2) is 48.5 Å². The van der Waals surface area contributed by atoms with Crippen LogP contribution >= 0.6 is 0 Å². The van der Waals surface area contributed by atoms with Gasteiger partial charge in [-0.15, -0.1) is 5.10 Å². The molecule has 11 heteroatoms. The number of aliphatic hydroxyl groups is 2. The molecule has 0 bridgehead atoms. The third kappa shape index (κ3) is 5.19. The summed E-state index contributed by atoms with van der Waals surface area (Å²) in [5, 5.41) is 33.4. The molecule has 3 N–H and O–H groups in total. The van der Waals surface area contributed by atoms with Gasteiger partial charge in [-0.05, 0) is 69.2 Å². The monoisotopic (exact) mass is 581 g/mol. The fourth-order valence-corrected chi connectivity index (χ4v) is 5.29. The Labute approximate surface area is 240 Å². The van der Waals surface area contributed by atoms with E-state index in [1.807, 2.05) is 0 Å². The van der Waals surface area contributed by atoms with Gasteiger partial charge < -0.3 is 25.0 Å². The van der Waals surface area contributed by atoms with Crippen LogP contribution in [0.5, 0.6) is 5.75 Å². The summed E-state index contributed by atoms with van der Waals surface area (Å²) in [6, 6.07) is 10.5. The molecule has 0 saturated carbocycles. The summed E-state index contributed by atoms with van der Waals surface area (Å²) in [5.41, 5.74) is -3.31. The van der Waals surface area contributed by atoms with E-state index in [4.69, 9.17) is 9.47 Å². The lowest BCUT2D eigenvalue weighted by molar-refractivity contribution is -0.0626. The molecule has 0 unspecified atom stereocenters. The molecule has 1 aliphatic rings.